The van der Waals surface area contributed by atoms with Crippen LogP contribution in [0.15, 0.2) is 35.1 Å². The standard InChI is InChI=1S/C22H28ClN3O4/c1-4-26-15(3)14-18(27)19(21(26)28)20(16-6-8-17(23)9-7-16)24-10-12-25(13-11-24)22(29)30-5-2/h6-9,14,20,27H,4-5,10-13H2,1-3H3. The fourth-order valence-electron chi connectivity index (χ4n) is 4.00. The number of ether oxygens (including phenoxy) is 1. The van der Waals surface area contributed by atoms with Crippen LogP contribution in [0.25, 0.3) is 0 Å². The summed E-state index contributed by atoms with van der Waals surface area (Å²) >= 11 is 6.08. The minimum atomic E-state index is -0.447. The van der Waals surface area contributed by atoms with Gasteiger partial charge in [-0.1, -0.05) is 23.7 Å². The fourth-order valence-corrected chi connectivity index (χ4v) is 4.13. The topological polar surface area (TPSA) is 75.0 Å². The van der Waals surface area contributed by atoms with E-state index in [0.29, 0.717) is 55.6 Å². The number of pyridine rings is 1. The molecule has 0 aliphatic carbocycles. The van der Waals surface area contributed by atoms with Crippen LogP contribution in [0, 0.1) is 6.92 Å². The molecule has 1 aliphatic heterocycles. The second-order valence-electron chi connectivity index (χ2n) is 7.31. The lowest BCUT2D eigenvalue weighted by Crippen LogP contribution is -2.50. The Morgan fingerprint density at radius 3 is 2.37 bits per heavy atom. The zero-order valence-electron chi connectivity index (χ0n) is 17.6. The number of halogens is 1. The molecule has 0 saturated carbocycles. The van der Waals surface area contributed by atoms with Crippen molar-refractivity contribution in [3.63, 3.8) is 0 Å². The normalized spacial score (nSPS) is 15.8. The predicted octanol–water partition coefficient (Wildman–Crippen LogP) is 3.40. The number of rotatable bonds is 5. The minimum absolute atomic E-state index is 0.0185. The van der Waals surface area contributed by atoms with E-state index >= 15 is 0 Å². The fraction of sp³-hybridized carbons (Fsp3) is 0.455. The molecule has 1 aliphatic rings. The largest absolute Gasteiger partial charge is 0.507 e. The summed E-state index contributed by atoms with van der Waals surface area (Å²) in [5, 5.41) is 11.4. The van der Waals surface area contributed by atoms with Crippen molar-refractivity contribution in [1.29, 1.82) is 0 Å². The highest BCUT2D eigenvalue weighted by atomic mass is 35.5. The van der Waals surface area contributed by atoms with Gasteiger partial charge in [0.15, 0.2) is 0 Å². The maximum Gasteiger partial charge on any atom is 0.409 e. The number of aromatic nitrogens is 1. The first-order valence-corrected chi connectivity index (χ1v) is 10.6. The number of carbonyl (C=O) groups excluding carboxylic acids is 1. The van der Waals surface area contributed by atoms with Gasteiger partial charge in [-0.05, 0) is 44.5 Å². The molecule has 1 fully saturated rings. The van der Waals surface area contributed by atoms with Gasteiger partial charge < -0.3 is 19.3 Å². The Kier molecular flexibility index (Phi) is 7.05. The maximum atomic E-state index is 13.3. The summed E-state index contributed by atoms with van der Waals surface area (Å²) in [6.07, 6.45) is -0.327. The highest BCUT2D eigenvalue weighted by Crippen LogP contribution is 2.33. The SMILES string of the molecule is CCOC(=O)N1CCN(C(c2ccc(Cl)cc2)c2c(O)cc(C)n(CC)c2=O)CC1. The Bertz CT molecular complexity index is 950. The van der Waals surface area contributed by atoms with Crippen molar-refractivity contribution in [1.82, 2.24) is 14.4 Å². The van der Waals surface area contributed by atoms with Gasteiger partial charge >= 0.3 is 6.09 Å². The van der Waals surface area contributed by atoms with Crippen LogP contribution in [-0.2, 0) is 11.3 Å². The number of benzene rings is 1. The van der Waals surface area contributed by atoms with Crippen LogP contribution >= 0.6 is 11.6 Å². The number of aromatic hydroxyl groups is 1. The molecule has 1 unspecified atom stereocenters. The molecule has 0 spiro atoms. The van der Waals surface area contributed by atoms with Crippen molar-refractivity contribution in [3.05, 3.63) is 62.5 Å². The minimum Gasteiger partial charge on any atom is -0.507 e. The molecule has 0 radical (unpaired) electrons. The van der Waals surface area contributed by atoms with Crippen LogP contribution in [0.2, 0.25) is 5.02 Å². The van der Waals surface area contributed by atoms with E-state index in [1.165, 1.54) is 0 Å². The van der Waals surface area contributed by atoms with E-state index in [9.17, 15) is 14.7 Å². The first-order chi connectivity index (χ1) is 14.4. The molecule has 1 aromatic heterocycles. The van der Waals surface area contributed by atoms with Gasteiger partial charge in [0, 0.05) is 43.4 Å². The van der Waals surface area contributed by atoms with Crippen LogP contribution in [0.3, 0.4) is 0 Å². The lowest BCUT2D eigenvalue weighted by atomic mass is 9.96. The summed E-state index contributed by atoms with van der Waals surface area (Å²) in [6.45, 7) is 8.41. The van der Waals surface area contributed by atoms with E-state index in [0.717, 1.165) is 5.56 Å². The summed E-state index contributed by atoms with van der Waals surface area (Å²) in [4.78, 5) is 29.1. The Morgan fingerprint density at radius 1 is 1.17 bits per heavy atom. The summed E-state index contributed by atoms with van der Waals surface area (Å²) < 4.78 is 6.76. The second kappa shape index (κ2) is 9.53. The monoisotopic (exact) mass is 433 g/mol. The molecule has 1 aromatic carbocycles. The van der Waals surface area contributed by atoms with Gasteiger partial charge in [0.05, 0.1) is 18.2 Å². The van der Waals surface area contributed by atoms with Gasteiger partial charge in [-0.2, -0.15) is 0 Å². The van der Waals surface area contributed by atoms with Crippen LogP contribution < -0.4 is 5.56 Å². The quantitative estimate of drug-likeness (QED) is 0.782. The van der Waals surface area contributed by atoms with E-state index in [1.54, 1.807) is 34.6 Å². The van der Waals surface area contributed by atoms with Crippen molar-refractivity contribution in [3.8, 4) is 5.75 Å². The molecule has 0 bridgehead atoms. The van der Waals surface area contributed by atoms with Gasteiger partial charge in [-0.25, -0.2) is 4.79 Å². The Labute approximate surface area is 181 Å². The summed E-state index contributed by atoms with van der Waals surface area (Å²) in [6, 6.07) is 8.50. The van der Waals surface area contributed by atoms with E-state index in [1.807, 2.05) is 26.0 Å². The van der Waals surface area contributed by atoms with Crippen LogP contribution in [-0.4, -0.2) is 58.4 Å². The molecule has 1 N–H and O–H groups in total. The smallest absolute Gasteiger partial charge is 0.409 e. The third-order valence-corrected chi connectivity index (χ3v) is 5.76. The van der Waals surface area contributed by atoms with Crippen LogP contribution in [0.4, 0.5) is 4.79 Å². The molecular weight excluding hydrogens is 406 g/mol. The van der Waals surface area contributed by atoms with Crippen molar-refractivity contribution >= 4 is 17.7 Å². The molecule has 8 heteroatoms. The molecule has 1 amide bonds. The molecule has 2 heterocycles. The zero-order chi connectivity index (χ0) is 21.8. The first-order valence-electron chi connectivity index (χ1n) is 10.2. The third kappa shape index (κ3) is 4.47. The maximum absolute atomic E-state index is 13.3. The Hall–Kier alpha value is -2.51. The summed E-state index contributed by atoms with van der Waals surface area (Å²) in [5.41, 5.74) is 1.71. The Balaban J connectivity index is 2.01. The molecular formula is C22H28ClN3O4. The van der Waals surface area contributed by atoms with Gasteiger partial charge in [0.25, 0.3) is 5.56 Å². The number of piperazine rings is 1. The number of hydrogen-bond acceptors (Lipinski definition) is 5. The first kappa shape index (κ1) is 22.2. The van der Waals surface area contributed by atoms with E-state index < -0.39 is 6.04 Å². The number of amides is 1. The van der Waals surface area contributed by atoms with Crippen LogP contribution in [0.1, 0.15) is 36.7 Å². The number of carbonyl (C=O) groups is 1. The van der Waals surface area contributed by atoms with Gasteiger partial charge in [-0.15, -0.1) is 0 Å². The highest BCUT2D eigenvalue weighted by Gasteiger charge is 2.32. The molecule has 30 heavy (non-hydrogen) atoms. The lowest BCUT2D eigenvalue weighted by molar-refractivity contribution is 0.0709. The molecule has 1 atom stereocenters. The van der Waals surface area contributed by atoms with Crippen molar-refractivity contribution < 1.29 is 14.6 Å². The highest BCUT2D eigenvalue weighted by molar-refractivity contribution is 6.30. The van der Waals surface area contributed by atoms with Gasteiger partial charge in [-0.3, -0.25) is 9.69 Å². The van der Waals surface area contributed by atoms with E-state index in [4.69, 9.17) is 16.3 Å². The molecule has 1 saturated heterocycles. The molecule has 7 nitrogen and oxygen atoms in total. The number of hydrogen-bond donors (Lipinski definition) is 1. The van der Waals surface area contributed by atoms with Gasteiger partial charge in [0.2, 0.25) is 0 Å². The average Bonchev–Trinajstić information content (AvgIpc) is 2.72. The second-order valence-corrected chi connectivity index (χ2v) is 7.75. The lowest BCUT2D eigenvalue weighted by Gasteiger charge is -2.39. The van der Waals surface area contributed by atoms with Crippen LogP contribution in [0.5, 0.6) is 5.75 Å². The molecule has 162 valence electrons. The zero-order valence-corrected chi connectivity index (χ0v) is 18.4. The summed E-state index contributed by atoms with van der Waals surface area (Å²) in [5.74, 6) is -0.0185. The predicted molar refractivity (Wildman–Crippen MR) is 116 cm³/mol. The van der Waals surface area contributed by atoms with E-state index in [2.05, 4.69) is 4.90 Å². The van der Waals surface area contributed by atoms with Crippen molar-refractivity contribution in [2.45, 2.75) is 33.4 Å². The Morgan fingerprint density at radius 2 is 1.80 bits per heavy atom. The molecule has 3 rings (SSSR count). The van der Waals surface area contributed by atoms with Crippen molar-refractivity contribution in [2.75, 3.05) is 32.8 Å². The van der Waals surface area contributed by atoms with E-state index in [-0.39, 0.29) is 17.4 Å². The average molecular weight is 434 g/mol. The number of nitrogens with zero attached hydrogens (tertiary/aromatic N) is 3. The van der Waals surface area contributed by atoms with Gasteiger partial charge in [0.1, 0.15) is 5.75 Å². The summed E-state index contributed by atoms with van der Waals surface area (Å²) in [7, 11) is 0. The number of aryl methyl sites for hydroxylation is 1. The third-order valence-electron chi connectivity index (χ3n) is 5.50. The van der Waals surface area contributed by atoms with Crippen molar-refractivity contribution in [2.24, 2.45) is 0 Å². The molecule has 2 aromatic rings.